The Hall–Kier alpha value is -0.830. The molecule has 0 aromatic carbocycles. The Bertz CT molecular complexity index is 560. The van der Waals surface area contributed by atoms with Crippen LogP contribution in [0.4, 0.5) is 13.2 Å². The molecule has 3 rings (SSSR count). The molecule has 2 fully saturated rings. The fraction of sp³-hybridized carbons (Fsp3) is 0.824. The van der Waals surface area contributed by atoms with Crippen molar-refractivity contribution in [3.05, 3.63) is 18.2 Å². The average Bonchev–Trinajstić information content (AvgIpc) is 3.05. The topological polar surface area (TPSA) is 42.3 Å². The Morgan fingerprint density at radius 2 is 2.12 bits per heavy atom. The molecule has 5 nitrogen and oxygen atoms in total. The summed E-state index contributed by atoms with van der Waals surface area (Å²) in [7, 11) is 0. The first kappa shape index (κ1) is 21.5. The van der Waals surface area contributed by atoms with E-state index in [2.05, 4.69) is 26.7 Å². The summed E-state index contributed by atoms with van der Waals surface area (Å²) in [5.41, 5.74) is 0.332. The minimum atomic E-state index is -4.26. The van der Waals surface area contributed by atoms with Crippen LogP contribution in [0, 0.1) is 5.41 Å². The van der Waals surface area contributed by atoms with E-state index in [1.54, 1.807) is 6.20 Å². The van der Waals surface area contributed by atoms with Gasteiger partial charge in [-0.3, -0.25) is 4.90 Å². The number of hydrogen-bond donors (Lipinski definition) is 1. The molecule has 1 saturated heterocycles. The lowest BCUT2D eigenvalue weighted by atomic mass is 9.93. The van der Waals surface area contributed by atoms with E-state index >= 15 is 0 Å². The number of piperidine rings is 1. The molecule has 2 heterocycles. The highest BCUT2D eigenvalue weighted by molar-refractivity contribution is 5.85. The molecule has 1 aromatic heterocycles. The maximum Gasteiger partial charge on any atom is 0.411 e. The first-order valence-corrected chi connectivity index (χ1v) is 9.03. The van der Waals surface area contributed by atoms with Gasteiger partial charge in [-0.2, -0.15) is 13.2 Å². The van der Waals surface area contributed by atoms with Gasteiger partial charge in [0, 0.05) is 31.5 Å². The molecule has 9 heteroatoms. The van der Waals surface area contributed by atoms with Crippen molar-refractivity contribution in [2.75, 3.05) is 32.8 Å². The van der Waals surface area contributed by atoms with Gasteiger partial charge in [0.05, 0.1) is 13.2 Å². The predicted octanol–water partition coefficient (Wildman–Crippen LogP) is 2.85. The summed E-state index contributed by atoms with van der Waals surface area (Å²) in [6, 6.07) is 0.422. The van der Waals surface area contributed by atoms with Gasteiger partial charge in [0.25, 0.3) is 0 Å². The number of ether oxygens (including phenoxy) is 1. The molecule has 1 unspecified atom stereocenters. The second kappa shape index (κ2) is 8.91. The van der Waals surface area contributed by atoms with Crippen molar-refractivity contribution in [1.29, 1.82) is 0 Å². The van der Waals surface area contributed by atoms with Crippen LogP contribution in [-0.4, -0.2) is 59.5 Å². The molecular formula is C17H28ClF3N4O. The molecule has 1 aromatic rings. The second-order valence-electron chi connectivity index (χ2n) is 7.10. The quantitative estimate of drug-likeness (QED) is 0.686. The van der Waals surface area contributed by atoms with Crippen LogP contribution in [0.5, 0.6) is 0 Å². The van der Waals surface area contributed by atoms with E-state index < -0.39 is 12.8 Å². The Balaban J connectivity index is 0.00000243. The number of imidazole rings is 1. The zero-order chi connectivity index (χ0) is 17.9. The first-order chi connectivity index (χ1) is 11.9. The molecular weight excluding hydrogens is 369 g/mol. The van der Waals surface area contributed by atoms with E-state index in [0.717, 1.165) is 44.7 Å². The fourth-order valence-electron chi connectivity index (χ4n) is 3.98. The van der Waals surface area contributed by atoms with E-state index in [1.165, 1.54) is 0 Å². The van der Waals surface area contributed by atoms with Gasteiger partial charge >= 0.3 is 6.18 Å². The zero-order valence-corrected chi connectivity index (χ0v) is 15.9. The molecule has 1 atom stereocenters. The SMILES string of the molecule is CCn1ccnc1CN(CCOCC(F)(F)F)C1CC12CCNCC2.Cl. The average molecular weight is 397 g/mol. The third kappa shape index (κ3) is 5.34. The molecule has 26 heavy (non-hydrogen) atoms. The minimum absolute atomic E-state index is 0. The van der Waals surface area contributed by atoms with Crippen molar-refractivity contribution in [2.24, 2.45) is 5.41 Å². The molecule has 150 valence electrons. The molecule has 1 aliphatic carbocycles. The lowest BCUT2D eigenvalue weighted by Crippen LogP contribution is -2.38. The van der Waals surface area contributed by atoms with Gasteiger partial charge in [0.1, 0.15) is 12.4 Å². The summed E-state index contributed by atoms with van der Waals surface area (Å²) in [6.45, 7) is 5.04. The number of halogens is 4. The van der Waals surface area contributed by atoms with E-state index in [-0.39, 0.29) is 19.0 Å². The third-order valence-corrected chi connectivity index (χ3v) is 5.46. The number of aromatic nitrogens is 2. The fourth-order valence-corrected chi connectivity index (χ4v) is 3.98. The summed E-state index contributed by atoms with van der Waals surface area (Å²) < 4.78 is 43.8. The first-order valence-electron chi connectivity index (χ1n) is 9.03. The van der Waals surface area contributed by atoms with E-state index in [1.807, 2.05) is 6.20 Å². The molecule has 0 bridgehead atoms. The monoisotopic (exact) mass is 396 g/mol. The summed E-state index contributed by atoms with van der Waals surface area (Å²) in [6.07, 6.45) is 2.87. The van der Waals surface area contributed by atoms with Crippen LogP contribution in [0.25, 0.3) is 0 Å². The van der Waals surface area contributed by atoms with E-state index in [4.69, 9.17) is 4.74 Å². The van der Waals surface area contributed by atoms with Crippen molar-refractivity contribution in [3.8, 4) is 0 Å². The third-order valence-electron chi connectivity index (χ3n) is 5.46. The molecule has 1 aliphatic heterocycles. The highest BCUT2D eigenvalue weighted by atomic mass is 35.5. The molecule has 1 N–H and O–H groups in total. The van der Waals surface area contributed by atoms with Crippen LogP contribution in [-0.2, 0) is 17.8 Å². The number of nitrogens with zero attached hydrogens (tertiary/aromatic N) is 3. The zero-order valence-electron chi connectivity index (χ0n) is 15.1. The predicted molar refractivity (Wildman–Crippen MR) is 95.4 cm³/mol. The number of alkyl halides is 3. The van der Waals surface area contributed by atoms with Crippen molar-refractivity contribution in [1.82, 2.24) is 19.8 Å². The Labute approximate surface area is 158 Å². The summed E-state index contributed by atoms with van der Waals surface area (Å²) >= 11 is 0. The van der Waals surface area contributed by atoms with Crippen LogP contribution in [0.15, 0.2) is 12.4 Å². The largest absolute Gasteiger partial charge is 0.411 e. The Kier molecular flexibility index (Phi) is 7.35. The lowest BCUT2D eigenvalue weighted by molar-refractivity contribution is -0.174. The van der Waals surface area contributed by atoms with Crippen molar-refractivity contribution in [2.45, 2.75) is 51.5 Å². The van der Waals surface area contributed by atoms with Crippen molar-refractivity contribution >= 4 is 12.4 Å². The maximum absolute atomic E-state index is 12.3. The van der Waals surface area contributed by atoms with Gasteiger partial charge in [-0.1, -0.05) is 0 Å². The maximum atomic E-state index is 12.3. The number of aryl methyl sites for hydroxylation is 1. The summed E-state index contributed by atoms with van der Waals surface area (Å²) in [4.78, 5) is 6.70. The van der Waals surface area contributed by atoms with Crippen LogP contribution in [0.2, 0.25) is 0 Å². The Morgan fingerprint density at radius 3 is 2.77 bits per heavy atom. The van der Waals surface area contributed by atoms with Gasteiger partial charge in [0.15, 0.2) is 0 Å². The minimum Gasteiger partial charge on any atom is -0.371 e. The van der Waals surface area contributed by atoms with Gasteiger partial charge in [-0.25, -0.2) is 4.98 Å². The standard InChI is InChI=1S/C17H27F3N4O.ClH/c1-2-23-8-7-22-15(23)12-24(9-10-25-13-17(18,19)20)14-11-16(14)3-5-21-6-4-16;/h7-8,14,21H,2-6,9-13H2,1H3;1H. The van der Waals surface area contributed by atoms with Crippen molar-refractivity contribution < 1.29 is 17.9 Å². The number of nitrogens with one attached hydrogen (secondary N) is 1. The van der Waals surface area contributed by atoms with Crippen molar-refractivity contribution in [3.63, 3.8) is 0 Å². The molecule has 0 radical (unpaired) electrons. The normalized spacial score (nSPS) is 21.8. The van der Waals surface area contributed by atoms with Crippen LogP contribution in [0.3, 0.4) is 0 Å². The number of hydrogen-bond acceptors (Lipinski definition) is 4. The smallest absolute Gasteiger partial charge is 0.371 e. The van der Waals surface area contributed by atoms with Crippen LogP contribution < -0.4 is 5.32 Å². The van der Waals surface area contributed by atoms with Crippen LogP contribution in [0.1, 0.15) is 32.0 Å². The van der Waals surface area contributed by atoms with Gasteiger partial charge in [-0.05, 0) is 44.7 Å². The van der Waals surface area contributed by atoms with Crippen LogP contribution >= 0.6 is 12.4 Å². The summed E-state index contributed by atoms with van der Waals surface area (Å²) in [5.74, 6) is 0.967. The highest BCUT2D eigenvalue weighted by Crippen LogP contribution is 2.55. The van der Waals surface area contributed by atoms with Gasteiger partial charge in [0.2, 0.25) is 0 Å². The van der Waals surface area contributed by atoms with E-state index in [0.29, 0.717) is 24.5 Å². The van der Waals surface area contributed by atoms with Gasteiger partial charge in [-0.15, -0.1) is 12.4 Å². The van der Waals surface area contributed by atoms with Gasteiger partial charge < -0.3 is 14.6 Å². The number of rotatable bonds is 8. The molecule has 0 amide bonds. The molecule has 2 aliphatic rings. The highest BCUT2D eigenvalue weighted by Gasteiger charge is 2.56. The molecule has 1 spiro atoms. The second-order valence-corrected chi connectivity index (χ2v) is 7.10. The van der Waals surface area contributed by atoms with E-state index in [9.17, 15) is 13.2 Å². The summed E-state index contributed by atoms with van der Waals surface area (Å²) in [5, 5.41) is 3.39. The Morgan fingerprint density at radius 1 is 1.38 bits per heavy atom. The lowest BCUT2D eigenvalue weighted by Gasteiger charge is -2.29. The molecule has 1 saturated carbocycles.